The fourth-order valence-corrected chi connectivity index (χ4v) is 4.42. The van der Waals surface area contributed by atoms with Crippen molar-refractivity contribution in [1.29, 1.82) is 0 Å². The number of nitrogens with one attached hydrogen (secondary N) is 1. The summed E-state index contributed by atoms with van der Waals surface area (Å²) in [7, 11) is 0. The van der Waals surface area contributed by atoms with E-state index < -0.39 is 0 Å². The van der Waals surface area contributed by atoms with Crippen molar-refractivity contribution in [3.05, 3.63) is 29.8 Å². The first-order valence-electron chi connectivity index (χ1n) is 10.4. The molecule has 2 saturated heterocycles. The number of carbonyl (C=O) groups is 1. The summed E-state index contributed by atoms with van der Waals surface area (Å²) in [5.74, 6) is 1.52. The minimum absolute atomic E-state index is 0.00526. The van der Waals surface area contributed by atoms with Gasteiger partial charge in [-0.25, -0.2) is 4.79 Å². The van der Waals surface area contributed by atoms with Gasteiger partial charge in [-0.3, -0.25) is 4.90 Å². The van der Waals surface area contributed by atoms with Crippen molar-refractivity contribution in [2.45, 2.75) is 57.9 Å². The van der Waals surface area contributed by atoms with E-state index in [1.165, 1.54) is 18.4 Å². The van der Waals surface area contributed by atoms with Crippen LogP contribution in [-0.4, -0.2) is 59.2 Å². The van der Waals surface area contributed by atoms with Crippen molar-refractivity contribution in [1.82, 2.24) is 15.1 Å². The number of amides is 2. The van der Waals surface area contributed by atoms with E-state index in [2.05, 4.69) is 31.0 Å². The first-order chi connectivity index (χ1) is 12.8. The molecule has 27 heavy (non-hydrogen) atoms. The van der Waals surface area contributed by atoms with Gasteiger partial charge in [0, 0.05) is 31.7 Å². The summed E-state index contributed by atoms with van der Waals surface area (Å²) < 4.78 is 0. The van der Waals surface area contributed by atoms with Crippen LogP contribution in [0.4, 0.5) is 4.79 Å². The number of benzene rings is 1. The Balaban J connectivity index is 1.46. The molecule has 0 aromatic heterocycles. The maximum absolute atomic E-state index is 12.6. The van der Waals surface area contributed by atoms with Crippen molar-refractivity contribution in [2.75, 3.05) is 32.7 Å². The SMILES string of the molecule is CC1CCCN(C(C)(C)CNC(=O)N2CCC(c3ccc(O)cc3)CC2)C1. The smallest absolute Gasteiger partial charge is 0.317 e. The lowest BCUT2D eigenvalue weighted by molar-refractivity contribution is 0.0706. The van der Waals surface area contributed by atoms with Gasteiger partial charge in [-0.1, -0.05) is 19.1 Å². The predicted octanol–water partition coefficient (Wildman–Crippen LogP) is 3.79. The molecule has 2 amide bonds. The molecule has 2 heterocycles. The van der Waals surface area contributed by atoms with Crippen LogP contribution in [0.5, 0.6) is 5.75 Å². The second-order valence-corrected chi connectivity index (χ2v) is 9.02. The van der Waals surface area contributed by atoms with Gasteiger partial charge in [0.1, 0.15) is 5.75 Å². The Labute approximate surface area is 163 Å². The first kappa shape index (κ1) is 20.0. The molecule has 2 aliphatic heterocycles. The number of carbonyl (C=O) groups excluding carboxylic acids is 1. The Bertz CT molecular complexity index is 621. The molecule has 1 unspecified atom stereocenters. The van der Waals surface area contributed by atoms with E-state index in [9.17, 15) is 9.90 Å². The number of phenolic OH excluding ortho intramolecular Hbond substituents is 1. The lowest BCUT2D eigenvalue weighted by atomic mass is 9.89. The number of urea groups is 1. The van der Waals surface area contributed by atoms with E-state index >= 15 is 0 Å². The standard InChI is InChI=1S/C22H35N3O2/c1-17-5-4-12-25(15-17)22(2,3)16-23-21(27)24-13-10-19(11-14-24)18-6-8-20(26)9-7-18/h6-9,17,19,26H,4-5,10-16H2,1-3H3,(H,23,27). The van der Waals surface area contributed by atoms with E-state index in [4.69, 9.17) is 0 Å². The minimum atomic E-state index is -0.00526. The molecule has 0 spiro atoms. The highest BCUT2D eigenvalue weighted by molar-refractivity contribution is 5.74. The fraction of sp³-hybridized carbons (Fsp3) is 0.682. The zero-order chi connectivity index (χ0) is 19.4. The summed E-state index contributed by atoms with van der Waals surface area (Å²) in [4.78, 5) is 17.1. The number of piperidine rings is 2. The zero-order valence-corrected chi connectivity index (χ0v) is 17.1. The maximum atomic E-state index is 12.6. The molecular formula is C22H35N3O2. The van der Waals surface area contributed by atoms with E-state index in [0.29, 0.717) is 18.2 Å². The number of hydrogen-bond acceptors (Lipinski definition) is 3. The van der Waals surface area contributed by atoms with Gasteiger partial charge in [0.05, 0.1) is 0 Å². The molecule has 2 N–H and O–H groups in total. The number of phenols is 1. The second kappa shape index (κ2) is 8.51. The normalized spacial score (nSPS) is 22.6. The average molecular weight is 374 g/mol. The van der Waals surface area contributed by atoms with E-state index in [1.54, 1.807) is 12.1 Å². The van der Waals surface area contributed by atoms with Gasteiger partial charge in [0.15, 0.2) is 0 Å². The number of rotatable bonds is 4. The molecule has 150 valence electrons. The second-order valence-electron chi connectivity index (χ2n) is 9.02. The molecule has 5 heteroatoms. The van der Waals surface area contributed by atoms with Gasteiger partial charge in [-0.2, -0.15) is 0 Å². The van der Waals surface area contributed by atoms with Crippen LogP contribution in [0.25, 0.3) is 0 Å². The molecule has 2 fully saturated rings. The van der Waals surface area contributed by atoms with Gasteiger partial charge in [-0.05, 0) is 75.6 Å². The molecule has 2 aliphatic rings. The minimum Gasteiger partial charge on any atom is -0.508 e. The summed E-state index contributed by atoms with van der Waals surface area (Å²) in [6, 6.07) is 7.56. The zero-order valence-electron chi connectivity index (χ0n) is 17.1. The average Bonchev–Trinajstić information content (AvgIpc) is 2.67. The largest absolute Gasteiger partial charge is 0.508 e. The highest BCUT2D eigenvalue weighted by Crippen LogP contribution is 2.29. The fourth-order valence-electron chi connectivity index (χ4n) is 4.42. The Hall–Kier alpha value is -1.75. The highest BCUT2D eigenvalue weighted by atomic mass is 16.3. The molecular weight excluding hydrogens is 338 g/mol. The van der Waals surface area contributed by atoms with Crippen molar-refractivity contribution in [3.63, 3.8) is 0 Å². The molecule has 0 bridgehead atoms. The summed E-state index contributed by atoms with van der Waals surface area (Å²) in [6.07, 6.45) is 4.52. The van der Waals surface area contributed by atoms with Crippen LogP contribution in [0.2, 0.25) is 0 Å². The van der Waals surface area contributed by atoms with Crippen LogP contribution in [0, 0.1) is 5.92 Å². The number of likely N-dealkylation sites (tertiary alicyclic amines) is 2. The van der Waals surface area contributed by atoms with E-state index in [1.807, 2.05) is 17.0 Å². The van der Waals surface area contributed by atoms with Crippen molar-refractivity contribution >= 4 is 6.03 Å². The molecule has 0 aliphatic carbocycles. The molecule has 0 saturated carbocycles. The van der Waals surface area contributed by atoms with E-state index in [-0.39, 0.29) is 11.6 Å². The van der Waals surface area contributed by atoms with Crippen LogP contribution >= 0.6 is 0 Å². The van der Waals surface area contributed by atoms with Crippen molar-refractivity contribution < 1.29 is 9.90 Å². The Morgan fingerprint density at radius 2 is 1.81 bits per heavy atom. The molecule has 0 radical (unpaired) electrons. The number of aromatic hydroxyl groups is 1. The third-order valence-corrected chi connectivity index (χ3v) is 6.33. The number of hydrogen-bond donors (Lipinski definition) is 2. The van der Waals surface area contributed by atoms with Gasteiger partial charge in [-0.15, -0.1) is 0 Å². The van der Waals surface area contributed by atoms with Crippen LogP contribution in [0.3, 0.4) is 0 Å². The van der Waals surface area contributed by atoms with Gasteiger partial charge in [0.25, 0.3) is 0 Å². The number of nitrogens with zero attached hydrogens (tertiary/aromatic N) is 2. The molecule has 5 nitrogen and oxygen atoms in total. The Morgan fingerprint density at radius 1 is 1.15 bits per heavy atom. The lowest BCUT2D eigenvalue weighted by Gasteiger charge is -2.43. The Morgan fingerprint density at radius 3 is 2.44 bits per heavy atom. The van der Waals surface area contributed by atoms with E-state index in [0.717, 1.165) is 44.9 Å². The van der Waals surface area contributed by atoms with Crippen molar-refractivity contribution in [3.8, 4) is 5.75 Å². The summed E-state index contributed by atoms with van der Waals surface area (Å²) in [5.41, 5.74) is 1.25. The van der Waals surface area contributed by atoms with Gasteiger partial charge >= 0.3 is 6.03 Å². The summed E-state index contributed by atoms with van der Waals surface area (Å²) in [6.45, 7) is 11.3. The van der Waals surface area contributed by atoms with Crippen LogP contribution in [0.15, 0.2) is 24.3 Å². The third-order valence-electron chi connectivity index (χ3n) is 6.33. The quantitative estimate of drug-likeness (QED) is 0.844. The molecule has 3 rings (SSSR count). The molecule has 1 aromatic rings. The van der Waals surface area contributed by atoms with Crippen molar-refractivity contribution in [2.24, 2.45) is 5.92 Å². The lowest BCUT2D eigenvalue weighted by Crippen LogP contribution is -2.56. The topological polar surface area (TPSA) is 55.8 Å². The predicted molar refractivity (Wildman–Crippen MR) is 109 cm³/mol. The van der Waals surface area contributed by atoms with Gasteiger partial charge < -0.3 is 15.3 Å². The van der Waals surface area contributed by atoms with Gasteiger partial charge in [0.2, 0.25) is 0 Å². The maximum Gasteiger partial charge on any atom is 0.317 e. The summed E-state index contributed by atoms with van der Waals surface area (Å²) in [5, 5.41) is 12.6. The highest BCUT2D eigenvalue weighted by Gasteiger charge is 2.31. The Kier molecular flexibility index (Phi) is 6.30. The van der Waals surface area contributed by atoms with Crippen LogP contribution < -0.4 is 5.32 Å². The third kappa shape index (κ3) is 5.16. The van der Waals surface area contributed by atoms with Crippen LogP contribution in [0.1, 0.15) is 57.9 Å². The molecule has 1 atom stereocenters. The first-order valence-corrected chi connectivity index (χ1v) is 10.4. The van der Waals surface area contributed by atoms with Crippen LogP contribution in [-0.2, 0) is 0 Å². The summed E-state index contributed by atoms with van der Waals surface area (Å²) >= 11 is 0. The monoisotopic (exact) mass is 373 g/mol. The molecule has 1 aromatic carbocycles.